The SMILES string of the molecule is CCN(CC)C(=O)c1ccc(C(=C2CCN(Cc3cscn3)CC2)c2ccccc2)cc1. The number of hydrogen-bond donors (Lipinski definition) is 0. The average molecular weight is 446 g/mol. The Morgan fingerprint density at radius 3 is 2.16 bits per heavy atom. The Bertz CT molecular complexity index is 1030. The minimum absolute atomic E-state index is 0.103. The summed E-state index contributed by atoms with van der Waals surface area (Å²) in [7, 11) is 0. The van der Waals surface area contributed by atoms with E-state index in [1.807, 2.05) is 36.4 Å². The predicted octanol–water partition coefficient (Wildman–Crippen LogP) is 5.72. The van der Waals surface area contributed by atoms with Crippen LogP contribution in [0.4, 0.5) is 0 Å². The summed E-state index contributed by atoms with van der Waals surface area (Å²) in [6.07, 6.45) is 2.10. The molecule has 0 bridgehead atoms. The molecule has 1 aromatic heterocycles. The Balaban J connectivity index is 1.59. The van der Waals surface area contributed by atoms with Crippen LogP contribution in [0.5, 0.6) is 0 Å². The number of carbonyl (C=O) groups excluding carboxylic acids is 1. The number of amides is 1. The van der Waals surface area contributed by atoms with E-state index in [-0.39, 0.29) is 5.91 Å². The van der Waals surface area contributed by atoms with Gasteiger partial charge in [0.1, 0.15) is 0 Å². The van der Waals surface area contributed by atoms with E-state index in [4.69, 9.17) is 0 Å². The zero-order valence-electron chi connectivity index (χ0n) is 19.0. The quantitative estimate of drug-likeness (QED) is 0.466. The van der Waals surface area contributed by atoms with E-state index in [9.17, 15) is 4.79 Å². The third kappa shape index (κ3) is 5.17. The van der Waals surface area contributed by atoms with Crippen molar-refractivity contribution >= 4 is 22.8 Å². The van der Waals surface area contributed by atoms with Crippen LogP contribution in [0.2, 0.25) is 0 Å². The average Bonchev–Trinajstić information content (AvgIpc) is 3.35. The van der Waals surface area contributed by atoms with E-state index in [0.717, 1.165) is 51.1 Å². The Kier molecular flexibility index (Phi) is 7.51. The fourth-order valence-electron chi connectivity index (χ4n) is 4.43. The Hall–Kier alpha value is -2.76. The van der Waals surface area contributed by atoms with E-state index in [2.05, 4.69) is 57.7 Å². The van der Waals surface area contributed by atoms with E-state index in [0.29, 0.717) is 0 Å². The van der Waals surface area contributed by atoms with Crippen LogP contribution < -0.4 is 0 Å². The van der Waals surface area contributed by atoms with Gasteiger partial charge in [-0.3, -0.25) is 9.69 Å². The molecule has 2 aromatic carbocycles. The second-order valence-electron chi connectivity index (χ2n) is 8.16. The van der Waals surface area contributed by atoms with Crippen molar-refractivity contribution in [3.8, 4) is 0 Å². The highest BCUT2D eigenvalue weighted by molar-refractivity contribution is 7.07. The lowest BCUT2D eigenvalue weighted by molar-refractivity contribution is 0.0773. The van der Waals surface area contributed by atoms with Crippen molar-refractivity contribution in [3.63, 3.8) is 0 Å². The number of rotatable bonds is 7. The maximum Gasteiger partial charge on any atom is 0.253 e. The number of hydrogen-bond acceptors (Lipinski definition) is 4. The van der Waals surface area contributed by atoms with Crippen LogP contribution in [0.15, 0.2) is 71.1 Å². The lowest BCUT2D eigenvalue weighted by Crippen LogP contribution is -2.30. The number of nitrogens with zero attached hydrogens (tertiary/aromatic N) is 3. The summed E-state index contributed by atoms with van der Waals surface area (Å²) in [5.74, 6) is 0.103. The van der Waals surface area contributed by atoms with Crippen molar-refractivity contribution in [2.45, 2.75) is 33.2 Å². The third-order valence-electron chi connectivity index (χ3n) is 6.22. The predicted molar refractivity (Wildman–Crippen MR) is 133 cm³/mol. The minimum Gasteiger partial charge on any atom is -0.339 e. The van der Waals surface area contributed by atoms with Gasteiger partial charge in [0, 0.05) is 43.7 Å². The molecular weight excluding hydrogens is 414 g/mol. The summed E-state index contributed by atoms with van der Waals surface area (Å²) in [5.41, 5.74) is 9.09. The standard InChI is InChI=1S/C27H31N3OS/c1-3-30(4-2)27(31)24-12-10-22(11-13-24)26(21-8-6-5-7-9-21)23-14-16-29(17-15-23)18-25-19-32-20-28-25/h5-13,19-20H,3-4,14-18H2,1-2H3. The highest BCUT2D eigenvalue weighted by atomic mass is 32.1. The second-order valence-corrected chi connectivity index (χ2v) is 8.87. The molecule has 0 atom stereocenters. The van der Waals surface area contributed by atoms with Crippen molar-refractivity contribution < 1.29 is 4.79 Å². The molecule has 1 aliphatic rings. The molecule has 0 spiro atoms. The van der Waals surface area contributed by atoms with Gasteiger partial charge in [-0.1, -0.05) is 48.0 Å². The van der Waals surface area contributed by atoms with Gasteiger partial charge in [0.15, 0.2) is 0 Å². The van der Waals surface area contributed by atoms with Gasteiger partial charge < -0.3 is 4.90 Å². The first-order chi connectivity index (χ1) is 15.7. The number of likely N-dealkylation sites (tertiary alicyclic amines) is 1. The minimum atomic E-state index is 0.103. The van der Waals surface area contributed by atoms with Crippen molar-refractivity contribution in [1.82, 2.24) is 14.8 Å². The molecule has 2 heterocycles. The fourth-order valence-corrected chi connectivity index (χ4v) is 4.98. The van der Waals surface area contributed by atoms with Gasteiger partial charge in [0.05, 0.1) is 11.2 Å². The molecule has 4 nitrogen and oxygen atoms in total. The fraction of sp³-hybridized carbons (Fsp3) is 0.333. The lowest BCUT2D eigenvalue weighted by Gasteiger charge is -2.29. The molecule has 0 aliphatic carbocycles. The molecule has 3 aromatic rings. The molecule has 1 fully saturated rings. The summed E-state index contributed by atoms with van der Waals surface area (Å²) in [6.45, 7) is 8.52. The number of benzene rings is 2. The van der Waals surface area contributed by atoms with Gasteiger partial charge in [-0.2, -0.15) is 0 Å². The van der Waals surface area contributed by atoms with Gasteiger partial charge >= 0.3 is 0 Å². The van der Waals surface area contributed by atoms with Gasteiger partial charge in [0.2, 0.25) is 0 Å². The maximum absolute atomic E-state index is 12.7. The maximum atomic E-state index is 12.7. The molecule has 0 N–H and O–H groups in total. The number of thiazole rings is 1. The van der Waals surface area contributed by atoms with E-state index < -0.39 is 0 Å². The van der Waals surface area contributed by atoms with Gasteiger partial charge in [-0.25, -0.2) is 4.98 Å². The summed E-state index contributed by atoms with van der Waals surface area (Å²) in [6, 6.07) is 18.9. The van der Waals surface area contributed by atoms with Crippen LogP contribution in [0.1, 0.15) is 53.9 Å². The van der Waals surface area contributed by atoms with Crippen LogP contribution >= 0.6 is 11.3 Å². The molecule has 0 saturated carbocycles. The van der Waals surface area contributed by atoms with Crippen LogP contribution in [0.25, 0.3) is 5.57 Å². The molecule has 5 heteroatoms. The first-order valence-corrected chi connectivity index (χ1v) is 12.4. The zero-order chi connectivity index (χ0) is 22.3. The first kappa shape index (κ1) is 22.4. The summed E-state index contributed by atoms with van der Waals surface area (Å²) in [4.78, 5) is 21.5. The highest BCUT2D eigenvalue weighted by Gasteiger charge is 2.20. The van der Waals surface area contributed by atoms with Crippen LogP contribution in [0.3, 0.4) is 0 Å². The van der Waals surface area contributed by atoms with Crippen molar-refractivity contribution in [3.05, 3.63) is 93.4 Å². The summed E-state index contributed by atoms with van der Waals surface area (Å²) in [5, 5.41) is 2.14. The third-order valence-corrected chi connectivity index (χ3v) is 6.85. The molecule has 4 rings (SSSR count). The van der Waals surface area contributed by atoms with Crippen molar-refractivity contribution in [2.24, 2.45) is 0 Å². The lowest BCUT2D eigenvalue weighted by atomic mass is 9.88. The van der Waals surface area contributed by atoms with E-state index in [1.54, 1.807) is 11.3 Å². The van der Waals surface area contributed by atoms with Crippen LogP contribution in [-0.4, -0.2) is 46.9 Å². The number of aromatic nitrogens is 1. The molecule has 1 saturated heterocycles. The van der Waals surface area contributed by atoms with Gasteiger partial charge in [-0.15, -0.1) is 11.3 Å². The normalized spacial score (nSPS) is 14.4. The summed E-state index contributed by atoms with van der Waals surface area (Å²) < 4.78 is 0. The Labute approximate surface area is 195 Å². The first-order valence-electron chi connectivity index (χ1n) is 11.5. The molecule has 166 valence electrons. The molecule has 32 heavy (non-hydrogen) atoms. The highest BCUT2D eigenvalue weighted by Crippen LogP contribution is 2.33. The van der Waals surface area contributed by atoms with E-state index >= 15 is 0 Å². The van der Waals surface area contributed by atoms with Crippen LogP contribution in [0, 0.1) is 0 Å². The topological polar surface area (TPSA) is 36.4 Å². The molecule has 1 aliphatic heterocycles. The molecule has 0 radical (unpaired) electrons. The number of carbonyl (C=O) groups is 1. The van der Waals surface area contributed by atoms with Crippen molar-refractivity contribution in [1.29, 1.82) is 0 Å². The zero-order valence-corrected chi connectivity index (χ0v) is 19.8. The molecule has 1 amide bonds. The van der Waals surface area contributed by atoms with Crippen molar-refractivity contribution in [2.75, 3.05) is 26.2 Å². The smallest absolute Gasteiger partial charge is 0.253 e. The second kappa shape index (κ2) is 10.7. The summed E-state index contributed by atoms with van der Waals surface area (Å²) >= 11 is 1.66. The molecule has 0 unspecified atom stereocenters. The van der Waals surface area contributed by atoms with Gasteiger partial charge in [-0.05, 0) is 55.5 Å². The van der Waals surface area contributed by atoms with E-state index in [1.165, 1.54) is 28.0 Å². The molecular formula is C27H31N3OS. The Morgan fingerprint density at radius 1 is 0.938 bits per heavy atom. The van der Waals surface area contributed by atoms with Crippen LogP contribution in [-0.2, 0) is 6.54 Å². The monoisotopic (exact) mass is 445 g/mol. The van der Waals surface area contributed by atoms with Gasteiger partial charge in [0.25, 0.3) is 5.91 Å². The largest absolute Gasteiger partial charge is 0.339 e. The number of piperidine rings is 1. The Morgan fingerprint density at radius 2 is 1.56 bits per heavy atom.